The van der Waals surface area contributed by atoms with E-state index in [0.717, 1.165) is 33.4 Å². The van der Waals surface area contributed by atoms with Gasteiger partial charge in [0.15, 0.2) is 0 Å². The lowest BCUT2D eigenvalue weighted by molar-refractivity contribution is -0.110. The largest absolute Gasteiger partial charge is 0.465 e. The van der Waals surface area contributed by atoms with Crippen molar-refractivity contribution in [2.45, 2.75) is 0 Å². The Morgan fingerprint density at radius 3 is 2.45 bits per heavy atom. The number of aromatic nitrogens is 4. The second kappa shape index (κ2) is 9.29. The number of hydrogen-bond acceptors (Lipinski definition) is 7. The molecule has 1 aliphatic rings. The van der Waals surface area contributed by atoms with E-state index < -0.39 is 5.97 Å². The van der Waals surface area contributed by atoms with Gasteiger partial charge in [0.25, 0.3) is 5.91 Å². The number of imidazole rings is 1. The molecular formula is C29H22N6O3. The van der Waals surface area contributed by atoms with Gasteiger partial charge in [-0.15, -0.1) is 0 Å². The van der Waals surface area contributed by atoms with Gasteiger partial charge >= 0.3 is 5.97 Å². The first-order valence-corrected chi connectivity index (χ1v) is 11.9. The molecule has 1 aliphatic heterocycles. The molecule has 1 amide bonds. The molecule has 0 unspecified atom stereocenters. The molecule has 5 aromatic rings. The van der Waals surface area contributed by atoms with Gasteiger partial charge in [-0.05, 0) is 48.0 Å². The number of benzene rings is 3. The Hall–Kier alpha value is -5.31. The Labute approximate surface area is 217 Å². The molecule has 9 heteroatoms. The molecule has 0 spiro atoms. The molecule has 0 saturated heterocycles. The second-order valence-electron chi connectivity index (χ2n) is 8.85. The van der Waals surface area contributed by atoms with Crippen molar-refractivity contribution < 1.29 is 14.3 Å². The van der Waals surface area contributed by atoms with E-state index in [1.54, 1.807) is 36.8 Å². The lowest BCUT2D eigenvalue weighted by atomic mass is 9.98. The fourth-order valence-electron chi connectivity index (χ4n) is 4.59. The maximum atomic E-state index is 13.3. The van der Waals surface area contributed by atoms with Crippen LogP contribution in [0.25, 0.3) is 33.4 Å². The Balaban J connectivity index is 1.48. The highest BCUT2D eigenvalue weighted by molar-refractivity contribution is 6.37. The van der Waals surface area contributed by atoms with Gasteiger partial charge in [-0.3, -0.25) is 4.79 Å². The summed E-state index contributed by atoms with van der Waals surface area (Å²) in [5.41, 5.74) is 5.24. The smallest absolute Gasteiger partial charge is 0.337 e. The van der Waals surface area contributed by atoms with Crippen molar-refractivity contribution in [2.24, 2.45) is 7.05 Å². The summed E-state index contributed by atoms with van der Waals surface area (Å²) in [6.07, 6.45) is 7.04. The van der Waals surface area contributed by atoms with Crippen LogP contribution in [0, 0.1) is 0 Å². The lowest BCUT2D eigenvalue weighted by Crippen LogP contribution is -2.10. The van der Waals surface area contributed by atoms with Crippen LogP contribution in [0.2, 0.25) is 0 Å². The number of carbonyl (C=O) groups excluding carboxylic acids is 2. The summed E-state index contributed by atoms with van der Waals surface area (Å²) < 4.78 is 6.79. The monoisotopic (exact) mass is 502 g/mol. The molecule has 3 aromatic carbocycles. The van der Waals surface area contributed by atoms with Crippen LogP contribution in [-0.4, -0.2) is 38.7 Å². The predicted octanol–water partition coefficient (Wildman–Crippen LogP) is 4.75. The summed E-state index contributed by atoms with van der Waals surface area (Å²) in [7, 11) is 3.27. The minimum atomic E-state index is -0.471. The number of ether oxygens (including phenoxy) is 1. The first-order chi connectivity index (χ1) is 18.5. The zero-order chi connectivity index (χ0) is 26.2. The number of anilines is 2. The van der Waals surface area contributed by atoms with Gasteiger partial charge in [0.2, 0.25) is 0 Å². The van der Waals surface area contributed by atoms with E-state index in [1.807, 2.05) is 60.3 Å². The van der Waals surface area contributed by atoms with Crippen LogP contribution in [0.4, 0.5) is 11.4 Å². The minimum absolute atomic E-state index is 0.276. The number of fused-ring (bicyclic) bond motifs is 2. The Kier molecular flexibility index (Phi) is 5.65. The molecular weight excluding hydrogens is 480 g/mol. The molecule has 0 radical (unpaired) electrons. The standard InChI is InChI=1S/C29H22N6O3/c1-35-12-11-30-27(35)17-5-8-22(9-6-17)33-26(18-3-4-20-15-31-32-16-21(20)13-18)25-23-10-7-19(29(37)38-2)14-24(23)34-28(25)36/h3-16,33H,1-2H3,(H,34,36). The predicted molar refractivity (Wildman–Crippen MR) is 145 cm³/mol. The highest BCUT2D eigenvalue weighted by atomic mass is 16.5. The fourth-order valence-corrected chi connectivity index (χ4v) is 4.59. The maximum absolute atomic E-state index is 13.3. The SMILES string of the molecule is COC(=O)c1ccc2c(c1)NC(=O)C2=C(Nc1ccc(-c2nccn2C)cc1)c1ccc2cnncc2c1. The zero-order valence-electron chi connectivity index (χ0n) is 20.6. The Morgan fingerprint density at radius 1 is 0.947 bits per heavy atom. The van der Waals surface area contributed by atoms with Crippen LogP contribution in [0.1, 0.15) is 21.5 Å². The molecule has 0 aliphatic carbocycles. The van der Waals surface area contributed by atoms with Gasteiger partial charge in [-0.1, -0.05) is 18.2 Å². The fraction of sp³-hybridized carbons (Fsp3) is 0.0690. The second-order valence-corrected chi connectivity index (χ2v) is 8.85. The van der Waals surface area contributed by atoms with Crippen molar-refractivity contribution in [3.63, 3.8) is 0 Å². The Morgan fingerprint density at radius 2 is 1.71 bits per heavy atom. The van der Waals surface area contributed by atoms with Crippen molar-refractivity contribution >= 4 is 45.3 Å². The van der Waals surface area contributed by atoms with Crippen LogP contribution >= 0.6 is 0 Å². The van der Waals surface area contributed by atoms with E-state index in [0.29, 0.717) is 28.1 Å². The lowest BCUT2D eigenvalue weighted by Gasteiger charge is -2.16. The van der Waals surface area contributed by atoms with Gasteiger partial charge in [-0.2, -0.15) is 10.2 Å². The molecule has 0 bridgehead atoms. The van der Waals surface area contributed by atoms with Gasteiger partial charge in [0.05, 0.1) is 42.0 Å². The number of nitrogens with one attached hydrogen (secondary N) is 2. The number of methoxy groups -OCH3 is 1. The van der Waals surface area contributed by atoms with Crippen molar-refractivity contribution in [1.29, 1.82) is 0 Å². The summed E-state index contributed by atoms with van der Waals surface area (Å²) in [4.78, 5) is 29.8. The molecule has 0 saturated carbocycles. The molecule has 2 N–H and O–H groups in total. The number of nitrogens with zero attached hydrogens (tertiary/aromatic N) is 4. The van der Waals surface area contributed by atoms with E-state index in [2.05, 4.69) is 25.8 Å². The van der Waals surface area contributed by atoms with E-state index in [4.69, 9.17) is 4.74 Å². The normalized spacial score (nSPS) is 13.7. The van der Waals surface area contributed by atoms with Crippen molar-refractivity contribution in [1.82, 2.24) is 19.7 Å². The van der Waals surface area contributed by atoms with Crippen LogP contribution in [0.3, 0.4) is 0 Å². The van der Waals surface area contributed by atoms with Gasteiger partial charge in [0.1, 0.15) is 5.82 Å². The number of carbonyl (C=O) groups is 2. The zero-order valence-corrected chi connectivity index (χ0v) is 20.6. The summed E-state index contributed by atoms with van der Waals surface area (Å²) in [6.45, 7) is 0. The number of esters is 1. The molecule has 186 valence electrons. The quantitative estimate of drug-likeness (QED) is 0.264. The van der Waals surface area contributed by atoms with Crippen molar-refractivity contribution in [3.8, 4) is 11.4 Å². The molecule has 3 heterocycles. The van der Waals surface area contributed by atoms with E-state index >= 15 is 0 Å². The van der Waals surface area contributed by atoms with Gasteiger partial charge in [-0.25, -0.2) is 9.78 Å². The van der Waals surface area contributed by atoms with Crippen molar-refractivity contribution in [3.05, 3.63) is 102 Å². The van der Waals surface area contributed by atoms with E-state index in [9.17, 15) is 9.59 Å². The molecule has 9 nitrogen and oxygen atoms in total. The minimum Gasteiger partial charge on any atom is -0.465 e. The third-order valence-electron chi connectivity index (χ3n) is 6.50. The van der Waals surface area contributed by atoms with Gasteiger partial charge in [0, 0.05) is 47.0 Å². The van der Waals surface area contributed by atoms with E-state index in [1.165, 1.54) is 7.11 Å². The number of aryl methyl sites for hydroxylation is 1. The molecule has 6 rings (SSSR count). The van der Waals surface area contributed by atoms with Crippen LogP contribution in [0.5, 0.6) is 0 Å². The summed E-state index contributed by atoms with van der Waals surface area (Å²) in [6, 6.07) is 18.7. The molecule has 0 fully saturated rings. The summed E-state index contributed by atoms with van der Waals surface area (Å²) in [5, 5.41) is 16.2. The number of hydrogen-bond donors (Lipinski definition) is 2. The first-order valence-electron chi connectivity index (χ1n) is 11.9. The first kappa shape index (κ1) is 23.1. The van der Waals surface area contributed by atoms with Crippen molar-refractivity contribution in [2.75, 3.05) is 17.7 Å². The molecule has 38 heavy (non-hydrogen) atoms. The van der Waals surface area contributed by atoms with Crippen LogP contribution in [-0.2, 0) is 16.6 Å². The average Bonchev–Trinajstić information content (AvgIpc) is 3.52. The Bertz CT molecular complexity index is 1750. The van der Waals surface area contributed by atoms with Crippen LogP contribution < -0.4 is 10.6 Å². The van der Waals surface area contributed by atoms with Gasteiger partial charge < -0.3 is 19.9 Å². The topological polar surface area (TPSA) is 111 Å². The third-order valence-corrected chi connectivity index (χ3v) is 6.50. The molecule has 0 atom stereocenters. The summed E-state index contributed by atoms with van der Waals surface area (Å²) >= 11 is 0. The average molecular weight is 503 g/mol. The number of rotatable bonds is 5. The summed E-state index contributed by atoms with van der Waals surface area (Å²) in [5.74, 6) is 0.111. The highest BCUT2D eigenvalue weighted by Crippen LogP contribution is 2.39. The number of amides is 1. The maximum Gasteiger partial charge on any atom is 0.337 e. The van der Waals surface area contributed by atoms with Crippen LogP contribution in [0.15, 0.2) is 85.5 Å². The third kappa shape index (κ3) is 4.05. The molecule has 2 aromatic heterocycles. The highest BCUT2D eigenvalue weighted by Gasteiger charge is 2.29. The van der Waals surface area contributed by atoms with E-state index in [-0.39, 0.29) is 5.91 Å².